The number of hydrogen-bond acceptors (Lipinski definition) is 3. The van der Waals surface area contributed by atoms with E-state index in [1.54, 1.807) is 0 Å². The minimum Gasteiger partial charge on any atom is -0.481 e. The number of piperidine rings is 2. The Bertz CT molecular complexity index is 384. The highest BCUT2D eigenvalue weighted by Gasteiger charge is 2.49. The number of carbonyl (C=O) groups excluding carboxylic acids is 1. The lowest BCUT2D eigenvalue weighted by atomic mass is 9.82. The zero-order chi connectivity index (χ0) is 13.6. The fourth-order valence-corrected chi connectivity index (χ4v) is 3.80. The van der Waals surface area contributed by atoms with Crippen LogP contribution in [0.25, 0.3) is 0 Å². The van der Waals surface area contributed by atoms with Crippen molar-refractivity contribution in [3.63, 3.8) is 0 Å². The lowest BCUT2D eigenvalue weighted by Crippen LogP contribution is -2.55. The molecule has 3 rings (SSSR count). The van der Waals surface area contributed by atoms with Crippen molar-refractivity contribution in [1.82, 2.24) is 10.2 Å². The first-order chi connectivity index (χ1) is 9.06. The van der Waals surface area contributed by atoms with E-state index in [1.165, 1.54) is 19.3 Å². The summed E-state index contributed by atoms with van der Waals surface area (Å²) in [6.07, 6.45) is 6.29. The second-order valence-electron chi connectivity index (χ2n) is 6.37. The van der Waals surface area contributed by atoms with Crippen LogP contribution in [0.4, 0.5) is 0 Å². The van der Waals surface area contributed by atoms with Crippen molar-refractivity contribution in [3.8, 4) is 0 Å². The van der Waals surface area contributed by atoms with Crippen LogP contribution in [0.1, 0.15) is 38.5 Å². The molecule has 0 aromatic rings. The zero-order valence-corrected chi connectivity index (χ0v) is 11.3. The molecule has 2 heterocycles. The Hall–Kier alpha value is -1.10. The van der Waals surface area contributed by atoms with Crippen molar-refractivity contribution in [2.75, 3.05) is 7.05 Å². The van der Waals surface area contributed by atoms with Crippen LogP contribution in [-0.4, -0.2) is 47.1 Å². The summed E-state index contributed by atoms with van der Waals surface area (Å²) >= 11 is 0. The molecule has 0 aromatic carbocycles. The standard InChI is InChI=1S/C14H22N2O3/c1-16-9-3-2-4-10(16)6-8(5-9)15-13(17)11-7-12(11)14(18)19/h8-12H,2-7H2,1H3,(H,15,17)(H,18,19). The van der Waals surface area contributed by atoms with Gasteiger partial charge in [0.15, 0.2) is 0 Å². The number of carboxylic acids is 1. The van der Waals surface area contributed by atoms with Gasteiger partial charge in [-0.25, -0.2) is 0 Å². The van der Waals surface area contributed by atoms with E-state index >= 15 is 0 Å². The van der Waals surface area contributed by atoms with Gasteiger partial charge in [-0.2, -0.15) is 0 Å². The summed E-state index contributed by atoms with van der Waals surface area (Å²) in [6, 6.07) is 1.42. The van der Waals surface area contributed by atoms with Crippen molar-refractivity contribution < 1.29 is 14.7 Å². The number of hydrogen-bond donors (Lipinski definition) is 2. The third kappa shape index (κ3) is 2.48. The largest absolute Gasteiger partial charge is 0.481 e. The first kappa shape index (κ1) is 12.9. The van der Waals surface area contributed by atoms with E-state index in [9.17, 15) is 9.59 Å². The Labute approximate surface area is 113 Å². The van der Waals surface area contributed by atoms with Gasteiger partial charge < -0.3 is 15.3 Å². The van der Waals surface area contributed by atoms with Gasteiger partial charge in [0.1, 0.15) is 0 Å². The predicted octanol–water partition coefficient (Wildman–Crippen LogP) is 0.839. The molecule has 2 N–H and O–H groups in total. The van der Waals surface area contributed by atoms with E-state index in [2.05, 4.69) is 17.3 Å². The van der Waals surface area contributed by atoms with Crippen LogP contribution in [0.2, 0.25) is 0 Å². The number of rotatable bonds is 3. The van der Waals surface area contributed by atoms with Gasteiger partial charge in [0, 0.05) is 18.1 Å². The van der Waals surface area contributed by atoms with E-state index < -0.39 is 11.9 Å². The molecule has 0 aromatic heterocycles. The number of fused-ring (bicyclic) bond motifs is 2. The van der Waals surface area contributed by atoms with Gasteiger partial charge >= 0.3 is 5.97 Å². The summed E-state index contributed by atoms with van der Waals surface area (Å²) in [7, 11) is 2.19. The molecule has 3 aliphatic rings. The highest BCUT2D eigenvalue weighted by Crippen LogP contribution is 2.39. The van der Waals surface area contributed by atoms with Crippen molar-refractivity contribution in [2.24, 2.45) is 11.8 Å². The van der Waals surface area contributed by atoms with Gasteiger partial charge in [-0.1, -0.05) is 6.42 Å². The van der Waals surface area contributed by atoms with E-state index in [-0.39, 0.29) is 17.9 Å². The molecule has 1 amide bonds. The fraction of sp³-hybridized carbons (Fsp3) is 0.857. The number of amides is 1. The Kier molecular flexibility index (Phi) is 3.25. The lowest BCUT2D eigenvalue weighted by Gasteiger charge is -2.47. The van der Waals surface area contributed by atoms with E-state index in [0.29, 0.717) is 18.5 Å². The van der Waals surface area contributed by atoms with E-state index in [0.717, 1.165) is 12.8 Å². The van der Waals surface area contributed by atoms with Crippen LogP contribution in [0.3, 0.4) is 0 Å². The number of aliphatic carboxylic acids is 1. The van der Waals surface area contributed by atoms with Gasteiger partial charge in [-0.3, -0.25) is 9.59 Å². The Balaban J connectivity index is 1.54. The van der Waals surface area contributed by atoms with Crippen LogP contribution < -0.4 is 5.32 Å². The second-order valence-corrected chi connectivity index (χ2v) is 6.37. The van der Waals surface area contributed by atoms with Gasteiger partial charge in [0.05, 0.1) is 11.8 Å². The van der Waals surface area contributed by atoms with Gasteiger partial charge in [0.2, 0.25) is 5.91 Å². The summed E-state index contributed by atoms with van der Waals surface area (Å²) in [5.41, 5.74) is 0. The molecule has 5 heteroatoms. The molecule has 2 aliphatic heterocycles. The van der Waals surface area contributed by atoms with Crippen molar-refractivity contribution >= 4 is 11.9 Å². The van der Waals surface area contributed by atoms with Crippen molar-refractivity contribution in [3.05, 3.63) is 0 Å². The summed E-state index contributed by atoms with van der Waals surface area (Å²) < 4.78 is 0. The summed E-state index contributed by atoms with van der Waals surface area (Å²) in [6.45, 7) is 0. The summed E-state index contributed by atoms with van der Waals surface area (Å²) in [4.78, 5) is 25.2. The Morgan fingerprint density at radius 1 is 1.11 bits per heavy atom. The molecule has 0 radical (unpaired) electrons. The number of carboxylic acid groups (broad SMARTS) is 1. The molecular weight excluding hydrogens is 244 g/mol. The van der Waals surface area contributed by atoms with E-state index in [4.69, 9.17) is 5.11 Å². The first-order valence-corrected chi connectivity index (χ1v) is 7.31. The number of carbonyl (C=O) groups is 2. The summed E-state index contributed by atoms with van der Waals surface area (Å²) in [5.74, 6) is -1.59. The van der Waals surface area contributed by atoms with Crippen LogP contribution in [0, 0.1) is 11.8 Å². The molecule has 5 nitrogen and oxygen atoms in total. The maximum Gasteiger partial charge on any atom is 0.307 e. The second kappa shape index (κ2) is 4.78. The maximum atomic E-state index is 12.0. The smallest absolute Gasteiger partial charge is 0.307 e. The third-order valence-corrected chi connectivity index (χ3v) is 5.13. The highest BCUT2D eigenvalue weighted by atomic mass is 16.4. The van der Waals surface area contributed by atoms with Gasteiger partial charge in [0.25, 0.3) is 0 Å². The van der Waals surface area contributed by atoms with Gasteiger partial charge in [-0.05, 0) is 39.2 Å². The lowest BCUT2D eigenvalue weighted by molar-refractivity contribution is -0.140. The average molecular weight is 266 g/mol. The monoisotopic (exact) mass is 266 g/mol. The van der Waals surface area contributed by atoms with Crippen LogP contribution in [0.5, 0.6) is 0 Å². The third-order valence-electron chi connectivity index (χ3n) is 5.13. The van der Waals surface area contributed by atoms with Crippen LogP contribution in [-0.2, 0) is 9.59 Å². The molecule has 4 atom stereocenters. The van der Waals surface area contributed by atoms with Gasteiger partial charge in [-0.15, -0.1) is 0 Å². The molecule has 1 saturated carbocycles. The number of nitrogens with zero attached hydrogens (tertiary/aromatic N) is 1. The summed E-state index contributed by atoms with van der Waals surface area (Å²) in [5, 5.41) is 11.9. The Morgan fingerprint density at radius 3 is 2.26 bits per heavy atom. The van der Waals surface area contributed by atoms with Crippen molar-refractivity contribution in [2.45, 2.75) is 56.7 Å². The average Bonchev–Trinajstić information content (AvgIpc) is 3.10. The molecular formula is C14H22N2O3. The highest BCUT2D eigenvalue weighted by molar-refractivity contribution is 5.89. The molecule has 2 saturated heterocycles. The molecule has 3 fully saturated rings. The minimum absolute atomic E-state index is 0.0416. The van der Waals surface area contributed by atoms with Crippen LogP contribution >= 0.6 is 0 Å². The molecule has 2 bridgehead atoms. The molecule has 1 aliphatic carbocycles. The van der Waals surface area contributed by atoms with Crippen molar-refractivity contribution in [1.29, 1.82) is 0 Å². The SMILES string of the molecule is CN1C2CCCC1CC(NC(=O)C1CC1C(=O)O)C2. The normalized spacial score (nSPS) is 41.6. The zero-order valence-electron chi connectivity index (χ0n) is 11.3. The quantitative estimate of drug-likeness (QED) is 0.794. The molecule has 4 unspecified atom stereocenters. The number of nitrogens with one attached hydrogen (secondary N) is 1. The maximum absolute atomic E-state index is 12.0. The Morgan fingerprint density at radius 2 is 1.74 bits per heavy atom. The topological polar surface area (TPSA) is 69.6 Å². The molecule has 19 heavy (non-hydrogen) atoms. The molecule has 106 valence electrons. The van der Waals surface area contributed by atoms with E-state index in [1.807, 2.05) is 0 Å². The predicted molar refractivity (Wildman–Crippen MR) is 69.6 cm³/mol. The first-order valence-electron chi connectivity index (χ1n) is 7.31. The van der Waals surface area contributed by atoms with Crippen LogP contribution in [0.15, 0.2) is 0 Å². The minimum atomic E-state index is -0.833. The molecule has 0 spiro atoms. The fourth-order valence-electron chi connectivity index (χ4n) is 3.80.